The minimum atomic E-state index is -1.65. The monoisotopic (exact) mass is 886 g/mol. The summed E-state index contributed by atoms with van der Waals surface area (Å²) in [5.41, 5.74) is 17.8. The molecule has 0 bridgehead atoms. The molecule has 0 nitrogen and oxygen atoms in total. The Morgan fingerprint density at radius 1 is 0.364 bits per heavy atom. The summed E-state index contributed by atoms with van der Waals surface area (Å²) in [5.74, 6) is 0. The van der Waals surface area contributed by atoms with Crippen LogP contribution in [0.25, 0.3) is 44.8 Å². The van der Waals surface area contributed by atoms with E-state index in [9.17, 15) is 0 Å². The van der Waals surface area contributed by atoms with E-state index in [0.29, 0.717) is 7.35 Å². The Morgan fingerprint density at radius 2 is 0.655 bits per heavy atom. The van der Waals surface area contributed by atoms with Gasteiger partial charge in [0.1, 0.15) is 0 Å². The second-order valence-electron chi connectivity index (χ2n) is 20.5. The topological polar surface area (TPSA) is 0 Å². The van der Waals surface area contributed by atoms with Crippen LogP contribution in [0.15, 0.2) is 109 Å². The molecule has 0 aliphatic heterocycles. The van der Waals surface area contributed by atoms with Crippen molar-refractivity contribution in [1.29, 1.82) is 0 Å². The van der Waals surface area contributed by atoms with Crippen molar-refractivity contribution in [3.8, 4) is 0 Å². The van der Waals surface area contributed by atoms with Gasteiger partial charge in [-0.3, -0.25) is 0 Å². The van der Waals surface area contributed by atoms with Crippen molar-refractivity contribution in [3.63, 3.8) is 0 Å². The molecule has 6 aromatic carbocycles. The van der Waals surface area contributed by atoms with Gasteiger partial charge in [0.05, 0.1) is 0 Å². The molecule has 0 saturated heterocycles. The molecule has 0 N–H and O–H groups in total. The van der Waals surface area contributed by atoms with Crippen LogP contribution in [0.3, 0.4) is 0 Å². The summed E-state index contributed by atoms with van der Waals surface area (Å²) < 4.78 is 0.864. The Kier molecular flexibility index (Phi) is 9.28. The molecule has 6 aromatic rings. The third kappa shape index (κ3) is 7.32. The summed E-state index contributed by atoms with van der Waals surface area (Å²) in [4.78, 5) is 0. The molecular weight excluding hydrogens is 827 g/mol. The Morgan fingerprint density at radius 3 is 0.945 bits per heavy atom. The predicted octanol–water partition coefficient (Wildman–Crippen LogP) is 15.2. The molecule has 0 fully saturated rings. The second-order valence-corrected chi connectivity index (χ2v) is 25.8. The summed E-state index contributed by atoms with van der Waals surface area (Å²) >= 11 is -1.65. The molecule has 1 heteroatoms. The van der Waals surface area contributed by atoms with E-state index in [2.05, 4.69) is 204 Å². The molecule has 0 spiro atoms. The normalized spacial score (nSPS) is 17.3. The number of hydrogen-bond donors (Lipinski definition) is 0. The van der Waals surface area contributed by atoms with Gasteiger partial charge in [-0.25, -0.2) is 0 Å². The van der Waals surface area contributed by atoms with Gasteiger partial charge in [0.25, 0.3) is 0 Å². The van der Waals surface area contributed by atoms with Crippen molar-refractivity contribution in [2.24, 2.45) is 0 Å². The summed E-state index contributed by atoms with van der Waals surface area (Å²) in [5, 5.41) is 5.36. The van der Waals surface area contributed by atoms with Gasteiger partial charge >= 0.3 is 345 Å². The number of hydrogen-bond acceptors (Lipinski definition) is 0. The first-order chi connectivity index (χ1) is 25.7. The van der Waals surface area contributed by atoms with Crippen LogP contribution in [0.4, 0.5) is 0 Å². The average molecular weight is 886 g/mol. The van der Waals surface area contributed by atoms with E-state index in [1.54, 1.807) is 11.1 Å². The van der Waals surface area contributed by atoms with Gasteiger partial charge in [-0.15, -0.1) is 0 Å². The molecule has 55 heavy (non-hydrogen) atoms. The van der Waals surface area contributed by atoms with Crippen molar-refractivity contribution in [2.45, 2.75) is 112 Å². The van der Waals surface area contributed by atoms with E-state index >= 15 is 0 Å². The van der Waals surface area contributed by atoms with Crippen LogP contribution >= 0.6 is 0 Å². The maximum absolute atomic E-state index is 2.59. The van der Waals surface area contributed by atoms with E-state index in [1.807, 2.05) is 0 Å². The van der Waals surface area contributed by atoms with Gasteiger partial charge in [-0.2, -0.15) is 0 Å². The van der Waals surface area contributed by atoms with Crippen LogP contribution < -0.4 is 0 Å². The standard InChI is InChI=1S/2C27H29.Hf/c2*1-26(2,3)24-15-23(16-25(17-24)27(4,5)6)22-13-20-11-18-9-7-8-10-19(18)12-21(20)14-22;/h2*7-17H,1-6H3;. The fraction of sp³-hybridized carbons (Fsp3) is 0.333. The van der Waals surface area contributed by atoms with Crippen molar-refractivity contribution >= 4 is 44.8 Å². The molecule has 0 amide bonds. The summed E-state index contributed by atoms with van der Waals surface area (Å²) in [6, 6.07) is 43.1. The van der Waals surface area contributed by atoms with Crippen LogP contribution in [0.1, 0.15) is 146 Å². The van der Waals surface area contributed by atoms with Crippen LogP contribution in [0, 0.1) is 0 Å². The molecule has 2 aliphatic rings. The SMILES string of the molecule is CC(C)(C)c1cc(C2=Cc3cc4ccccc4cc3[CH]2[Hf][CH]2C(c3cc(C(C)(C)C)cc(C(C)(C)C)c3)=Cc3cc4ccccc4cc32)cc(C(C)(C)C)c1. The van der Waals surface area contributed by atoms with Crippen molar-refractivity contribution in [1.82, 2.24) is 0 Å². The third-order valence-corrected chi connectivity index (χ3v) is 19.0. The zero-order chi connectivity index (χ0) is 39.2. The van der Waals surface area contributed by atoms with E-state index in [0.717, 1.165) is 0 Å². The molecule has 278 valence electrons. The Hall–Kier alpha value is -3.81. The zero-order valence-electron chi connectivity index (χ0n) is 35.2. The first-order valence-corrected chi connectivity index (χ1v) is 24.5. The van der Waals surface area contributed by atoms with Crippen molar-refractivity contribution < 1.29 is 22.9 Å². The van der Waals surface area contributed by atoms with Gasteiger partial charge in [0.2, 0.25) is 0 Å². The van der Waals surface area contributed by atoms with Gasteiger partial charge in [-0.05, 0) is 0 Å². The number of allylic oxidation sites excluding steroid dienone is 2. The Bertz CT molecular complexity index is 2300. The molecule has 8 rings (SSSR count). The second kappa shape index (κ2) is 13.4. The molecule has 0 aromatic heterocycles. The van der Waals surface area contributed by atoms with Gasteiger partial charge in [-0.1, -0.05) is 0 Å². The number of rotatable bonds is 4. The quantitative estimate of drug-likeness (QED) is 0.155. The summed E-state index contributed by atoms with van der Waals surface area (Å²) in [6.07, 6.45) is 5.18. The summed E-state index contributed by atoms with van der Waals surface area (Å²) in [6.45, 7) is 28.4. The first-order valence-electron chi connectivity index (χ1n) is 20.3. The number of fused-ring (bicyclic) bond motifs is 4. The van der Waals surface area contributed by atoms with Crippen LogP contribution in [0.2, 0.25) is 0 Å². The molecule has 2 atom stereocenters. The van der Waals surface area contributed by atoms with Gasteiger partial charge in [0, 0.05) is 0 Å². The van der Waals surface area contributed by atoms with Crippen LogP contribution in [-0.4, -0.2) is 0 Å². The molecule has 0 radical (unpaired) electrons. The van der Waals surface area contributed by atoms with E-state index in [4.69, 9.17) is 0 Å². The summed E-state index contributed by atoms with van der Waals surface area (Å²) in [7, 11) is 0. The van der Waals surface area contributed by atoms with Crippen molar-refractivity contribution in [2.75, 3.05) is 0 Å². The van der Waals surface area contributed by atoms with Crippen LogP contribution in [0.5, 0.6) is 0 Å². The molecule has 0 heterocycles. The minimum absolute atomic E-state index is 0.0540. The molecule has 2 unspecified atom stereocenters. The maximum atomic E-state index is 2.59. The molecular formula is C54H58Hf. The molecule has 2 aliphatic carbocycles. The van der Waals surface area contributed by atoms with Crippen molar-refractivity contribution in [3.05, 3.63) is 165 Å². The predicted molar refractivity (Wildman–Crippen MR) is 237 cm³/mol. The van der Waals surface area contributed by atoms with E-state index in [-0.39, 0.29) is 21.7 Å². The average Bonchev–Trinajstić information content (AvgIpc) is 3.65. The van der Waals surface area contributed by atoms with E-state index < -0.39 is 22.9 Å². The fourth-order valence-corrected chi connectivity index (χ4v) is 15.9. The third-order valence-electron chi connectivity index (χ3n) is 12.1. The van der Waals surface area contributed by atoms with Crippen LogP contribution in [-0.2, 0) is 44.6 Å². The van der Waals surface area contributed by atoms with E-state index in [1.165, 1.54) is 77.2 Å². The van der Waals surface area contributed by atoms with Gasteiger partial charge < -0.3 is 0 Å². The van der Waals surface area contributed by atoms with Gasteiger partial charge in [0.15, 0.2) is 0 Å². The molecule has 0 saturated carbocycles. The Balaban J connectivity index is 1.35. The first kappa shape index (κ1) is 38.1. The number of benzene rings is 6. The zero-order valence-corrected chi connectivity index (χ0v) is 38.8. The Labute approximate surface area is 342 Å². The fourth-order valence-electron chi connectivity index (χ4n) is 8.48.